The third-order valence-corrected chi connectivity index (χ3v) is 6.13. The van der Waals surface area contributed by atoms with Gasteiger partial charge in [0.1, 0.15) is 23.7 Å². The van der Waals surface area contributed by atoms with Crippen molar-refractivity contribution in [3.63, 3.8) is 0 Å². The summed E-state index contributed by atoms with van der Waals surface area (Å²) in [5, 5.41) is -0.0675. The van der Waals surface area contributed by atoms with Crippen LogP contribution in [0.15, 0.2) is 11.3 Å². The summed E-state index contributed by atoms with van der Waals surface area (Å²) >= 11 is 1.58. The average Bonchev–Trinajstić information content (AvgIpc) is 2.49. The highest BCUT2D eigenvalue weighted by Crippen LogP contribution is 2.40. The maximum absolute atomic E-state index is 12.3. The highest BCUT2D eigenvalue weighted by Gasteiger charge is 2.53. The SMILES string of the molecule is C[SiH2]N[C@@H]1C(=O)N2C(C(=O)O[SiH2]C)=C(COC(C)=O)CS[C@H]12. The zero-order chi connectivity index (χ0) is 16.3. The molecule has 7 nitrogen and oxygen atoms in total. The van der Waals surface area contributed by atoms with Crippen molar-refractivity contribution in [2.24, 2.45) is 0 Å². The van der Waals surface area contributed by atoms with Gasteiger partial charge >= 0.3 is 11.9 Å². The highest BCUT2D eigenvalue weighted by molar-refractivity contribution is 8.00. The first kappa shape index (κ1) is 17.3. The van der Waals surface area contributed by atoms with Gasteiger partial charge in [-0.2, -0.15) is 0 Å². The molecule has 0 aliphatic carbocycles. The first-order valence-electron chi connectivity index (χ1n) is 7.21. The Labute approximate surface area is 138 Å². The van der Waals surface area contributed by atoms with Crippen molar-refractivity contribution in [2.75, 3.05) is 12.4 Å². The lowest BCUT2D eigenvalue weighted by Crippen LogP contribution is -2.70. The zero-order valence-corrected chi connectivity index (χ0v) is 16.5. The van der Waals surface area contributed by atoms with E-state index in [-0.39, 0.29) is 29.6 Å². The number of carbonyl (C=O) groups excluding carboxylic acids is 3. The molecule has 122 valence electrons. The molecule has 1 saturated heterocycles. The molecule has 2 aliphatic rings. The van der Waals surface area contributed by atoms with Crippen LogP contribution in [0, 0.1) is 0 Å². The minimum Gasteiger partial charge on any atom is -0.521 e. The quantitative estimate of drug-likeness (QED) is 0.350. The molecule has 10 heteroatoms. The number of amides is 1. The number of nitrogens with one attached hydrogen (secondary N) is 1. The number of nitrogens with zero attached hydrogens (tertiary/aromatic N) is 1. The van der Waals surface area contributed by atoms with Crippen LogP contribution in [0.1, 0.15) is 6.92 Å². The van der Waals surface area contributed by atoms with Crippen molar-refractivity contribution in [1.82, 2.24) is 9.88 Å². The van der Waals surface area contributed by atoms with Crippen molar-refractivity contribution >= 4 is 49.1 Å². The van der Waals surface area contributed by atoms with Gasteiger partial charge in [0.2, 0.25) is 15.7 Å². The van der Waals surface area contributed by atoms with E-state index in [1.54, 1.807) is 11.8 Å². The number of rotatable bonds is 6. The molecule has 2 aliphatic heterocycles. The standard InChI is InChI=1S/C12H20N2O5SSi2/c1-6(15)18-4-7-5-20-11-8(13-21-2)10(16)14(11)9(7)12(17)19-22-3/h8,11,13H,4-5,21-22H2,1-3H3/t8-,11-/m1/s1. The topological polar surface area (TPSA) is 84.9 Å². The number of ether oxygens (including phenoxy) is 1. The van der Waals surface area contributed by atoms with Gasteiger partial charge in [-0.05, 0) is 6.55 Å². The zero-order valence-electron chi connectivity index (χ0n) is 12.9. The van der Waals surface area contributed by atoms with Crippen LogP contribution < -0.4 is 4.98 Å². The van der Waals surface area contributed by atoms with Crippen LogP contribution in [-0.4, -0.2) is 66.0 Å². The normalized spacial score (nSPS) is 24.9. The molecule has 1 N–H and O–H groups in total. The average molecular weight is 361 g/mol. The van der Waals surface area contributed by atoms with E-state index in [4.69, 9.17) is 9.16 Å². The summed E-state index contributed by atoms with van der Waals surface area (Å²) in [4.78, 5) is 40.3. The number of β-lactam (4-membered cyclic amide) rings is 1. The first-order chi connectivity index (χ1) is 10.5. The fourth-order valence-electron chi connectivity index (χ4n) is 2.45. The molecule has 0 saturated carbocycles. The molecule has 2 heterocycles. The summed E-state index contributed by atoms with van der Waals surface area (Å²) in [5.41, 5.74) is 0.921. The van der Waals surface area contributed by atoms with Gasteiger partial charge < -0.3 is 14.1 Å². The van der Waals surface area contributed by atoms with Gasteiger partial charge in [0.05, 0.1) is 9.68 Å². The van der Waals surface area contributed by atoms with Gasteiger partial charge in [0.15, 0.2) is 0 Å². The minimum atomic E-state index is -0.931. The van der Waals surface area contributed by atoms with Crippen LogP contribution in [0.2, 0.25) is 13.1 Å². The second-order valence-corrected chi connectivity index (χ2v) is 7.98. The summed E-state index contributed by atoms with van der Waals surface area (Å²) in [6.07, 6.45) is 0. The first-order valence-corrected chi connectivity index (χ1v) is 12.4. The number of hydrogen-bond acceptors (Lipinski definition) is 7. The summed E-state index contributed by atoms with van der Waals surface area (Å²) < 4.78 is 10.2. The Bertz CT molecular complexity index is 528. The lowest BCUT2D eigenvalue weighted by molar-refractivity contribution is -0.147. The fourth-order valence-corrected chi connectivity index (χ4v) is 5.21. The maximum atomic E-state index is 12.3. The molecule has 0 aromatic carbocycles. The van der Waals surface area contributed by atoms with Crippen LogP contribution in [0.5, 0.6) is 0 Å². The Hall–Kier alpha value is -1.11. The van der Waals surface area contributed by atoms with Gasteiger partial charge in [-0.25, -0.2) is 4.79 Å². The third kappa shape index (κ3) is 3.29. The van der Waals surface area contributed by atoms with Crippen molar-refractivity contribution < 1.29 is 23.5 Å². The molecule has 0 bridgehead atoms. The molecule has 1 fully saturated rings. The Morgan fingerprint density at radius 3 is 2.77 bits per heavy atom. The predicted octanol–water partition coefficient (Wildman–Crippen LogP) is -1.52. The van der Waals surface area contributed by atoms with Gasteiger partial charge in [-0.3, -0.25) is 14.5 Å². The summed E-state index contributed by atoms with van der Waals surface area (Å²) in [6.45, 7) is 5.26. The molecule has 0 aromatic heterocycles. The number of fused-ring (bicyclic) bond motifs is 1. The number of carbonyl (C=O) groups is 3. The third-order valence-electron chi connectivity index (χ3n) is 3.39. The molecule has 0 spiro atoms. The molecule has 2 rings (SSSR count). The largest absolute Gasteiger partial charge is 0.521 e. The van der Waals surface area contributed by atoms with Crippen molar-refractivity contribution in [3.05, 3.63) is 11.3 Å². The molecule has 0 aromatic rings. The Morgan fingerprint density at radius 1 is 1.45 bits per heavy atom. The van der Waals surface area contributed by atoms with E-state index >= 15 is 0 Å². The molecule has 2 atom stereocenters. The van der Waals surface area contributed by atoms with Gasteiger partial charge in [0.25, 0.3) is 0 Å². The molecule has 22 heavy (non-hydrogen) atoms. The van der Waals surface area contributed by atoms with Crippen LogP contribution in [0.25, 0.3) is 0 Å². The van der Waals surface area contributed by atoms with Gasteiger partial charge in [0, 0.05) is 18.2 Å². The maximum Gasteiger partial charge on any atom is 0.341 e. The van der Waals surface area contributed by atoms with Crippen molar-refractivity contribution in [1.29, 1.82) is 0 Å². The van der Waals surface area contributed by atoms with Crippen LogP contribution in [0.4, 0.5) is 0 Å². The second-order valence-electron chi connectivity index (χ2n) is 4.90. The van der Waals surface area contributed by atoms with Crippen molar-refractivity contribution in [3.8, 4) is 0 Å². The summed E-state index contributed by atoms with van der Waals surface area (Å²) in [6, 6.07) is -0.210. The molecular weight excluding hydrogens is 340 g/mol. The fraction of sp³-hybridized carbons (Fsp3) is 0.583. The highest BCUT2D eigenvalue weighted by atomic mass is 32.2. The summed E-state index contributed by atoms with van der Waals surface area (Å²) in [5.74, 6) is -0.427. The smallest absolute Gasteiger partial charge is 0.341 e. The number of thioether (sulfide) groups is 1. The molecule has 1 amide bonds. The van der Waals surface area contributed by atoms with E-state index in [0.29, 0.717) is 11.3 Å². The van der Waals surface area contributed by atoms with E-state index in [1.165, 1.54) is 11.8 Å². The van der Waals surface area contributed by atoms with E-state index in [2.05, 4.69) is 11.5 Å². The van der Waals surface area contributed by atoms with Crippen LogP contribution in [-0.2, 0) is 23.5 Å². The summed E-state index contributed by atoms with van der Waals surface area (Å²) in [7, 11) is -1.39. The second kappa shape index (κ2) is 7.44. The lowest BCUT2D eigenvalue weighted by atomic mass is 10.0. The van der Waals surface area contributed by atoms with E-state index < -0.39 is 31.4 Å². The van der Waals surface area contributed by atoms with Gasteiger partial charge in [-0.1, -0.05) is 6.55 Å². The molecular formula is C12H20N2O5SSi2. The van der Waals surface area contributed by atoms with Crippen molar-refractivity contribution in [2.45, 2.75) is 31.4 Å². The molecule has 0 radical (unpaired) electrons. The van der Waals surface area contributed by atoms with E-state index in [0.717, 1.165) is 0 Å². The minimum absolute atomic E-state index is 0.0230. The number of hydrogen-bond donors (Lipinski definition) is 1. The Balaban J connectivity index is 2.25. The predicted molar refractivity (Wildman–Crippen MR) is 88.6 cm³/mol. The van der Waals surface area contributed by atoms with E-state index in [9.17, 15) is 14.4 Å². The monoisotopic (exact) mass is 360 g/mol. The number of esters is 1. The van der Waals surface area contributed by atoms with Gasteiger partial charge in [-0.15, -0.1) is 11.8 Å². The Kier molecular flexibility index (Phi) is 5.83. The lowest BCUT2D eigenvalue weighted by Gasteiger charge is -2.50. The molecule has 0 unspecified atom stereocenters. The Morgan fingerprint density at radius 2 is 2.18 bits per heavy atom. The van der Waals surface area contributed by atoms with Crippen LogP contribution >= 0.6 is 11.8 Å². The van der Waals surface area contributed by atoms with Crippen LogP contribution in [0.3, 0.4) is 0 Å². The van der Waals surface area contributed by atoms with E-state index in [1.807, 2.05) is 6.55 Å².